The van der Waals surface area contributed by atoms with Crippen LogP contribution in [0, 0.1) is 5.92 Å². The molecule has 188 valence electrons. The first-order chi connectivity index (χ1) is 17.6. The van der Waals surface area contributed by atoms with E-state index < -0.39 is 6.04 Å². The fraction of sp³-hybridized carbons (Fsp3) is 0.400. The molecule has 2 atom stereocenters. The van der Waals surface area contributed by atoms with Gasteiger partial charge in [0.2, 0.25) is 5.91 Å². The number of ether oxygens (including phenoxy) is 1. The Morgan fingerprint density at radius 3 is 2.53 bits per heavy atom. The van der Waals surface area contributed by atoms with Gasteiger partial charge in [0.15, 0.2) is 5.78 Å². The molecule has 5 rings (SSSR count). The number of amides is 1. The van der Waals surface area contributed by atoms with Gasteiger partial charge in [0.1, 0.15) is 12.4 Å². The van der Waals surface area contributed by atoms with Crippen LogP contribution in [0.1, 0.15) is 77.3 Å². The summed E-state index contributed by atoms with van der Waals surface area (Å²) >= 11 is 1.56. The molecule has 2 aromatic carbocycles. The number of nitrogens with zero attached hydrogens (tertiary/aromatic N) is 1. The first-order valence-corrected chi connectivity index (χ1v) is 13.9. The first kappa shape index (κ1) is 24.7. The molecule has 1 saturated heterocycles. The maximum absolute atomic E-state index is 13.5. The molecule has 36 heavy (non-hydrogen) atoms. The second-order valence-electron chi connectivity index (χ2n) is 9.95. The van der Waals surface area contributed by atoms with Gasteiger partial charge in [0.05, 0.1) is 17.6 Å². The maximum atomic E-state index is 13.5. The summed E-state index contributed by atoms with van der Waals surface area (Å²) in [6.07, 6.45) is 7.56. The number of carbonyl (C=O) groups excluding carboxylic acids is 2. The Hall–Kier alpha value is -2.96. The summed E-state index contributed by atoms with van der Waals surface area (Å²) in [6.45, 7) is 1.14. The van der Waals surface area contributed by atoms with E-state index in [2.05, 4.69) is 0 Å². The van der Waals surface area contributed by atoms with Gasteiger partial charge in [-0.05, 0) is 55.4 Å². The van der Waals surface area contributed by atoms with Crippen molar-refractivity contribution in [2.45, 2.75) is 63.6 Å². The number of thiophene rings is 1. The molecule has 2 heterocycles. The van der Waals surface area contributed by atoms with E-state index in [1.165, 1.54) is 19.3 Å². The van der Waals surface area contributed by atoms with E-state index in [-0.39, 0.29) is 17.7 Å². The minimum absolute atomic E-state index is 0.00302. The molecule has 3 aromatic rings. The number of hydrogen-bond acceptors (Lipinski definition) is 5. The van der Waals surface area contributed by atoms with Crippen LogP contribution in [0.15, 0.2) is 66.0 Å². The molecule has 1 aromatic heterocycles. The smallest absolute Gasteiger partial charge is 0.240 e. The molecule has 2 N–H and O–H groups in total. The van der Waals surface area contributed by atoms with Crippen LogP contribution in [0.2, 0.25) is 0 Å². The summed E-state index contributed by atoms with van der Waals surface area (Å²) in [5.41, 5.74) is 8.72. The Labute approximate surface area is 217 Å². The predicted octanol–water partition coefficient (Wildman–Crippen LogP) is 6.13. The maximum Gasteiger partial charge on any atom is 0.240 e. The van der Waals surface area contributed by atoms with E-state index in [1.54, 1.807) is 11.3 Å². The van der Waals surface area contributed by atoms with Crippen molar-refractivity contribution in [3.63, 3.8) is 0 Å². The van der Waals surface area contributed by atoms with Crippen LogP contribution in [-0.2, 0) is 11.4 Å². The topological polar surface area (TPSA) is 72.6 Å². The van der Waals surface area contributed by atoms with Gasteiger partial charge in [-0.2, -0.15) is 0 Å². The van der Waals surface area contributed by atoms with Gasteiger partial charge in [-0.25, -0.2) is 0 Å². The van der Waals surface area contributed by atoms with Crippen LogP contribution in [0.3, 0.4) is 0 Å². The lowest BCUT2D eigenvalue weighted by molar-refractivity contribution is -0.135. The first-order valence-electron chi connectivity index (χ1n) is 13.1. The molecule has 2 fully saturated rings. The predicted molar refractivity (Wildman–Crippen MR) is 143 cm³/mol. The number of hydrogen-bond donors (Lipinski definition) is 1. The lowest BCUT2D eigenvalue weighted by Crippen LogP contribution is -2.47. The monoisotopic (exact) mass is 502 g/mol. The Balaban J connectivity index is 1.29. The van der Waals surface area contributed by atoms with Crippen LogP contribution < -0.4 is 10.5 Å². The second kappa shape index (κ2) is 11.4. The average Bonchev–Trinajstić information content (AvgIpc) is 3.62. The lowest BCUT2D eigenvalue weighted by atomic mass is 9.83. The molecule has 0 bridgehead atoms. The third-order valence-electron chi connectivity index (χ3n) is 7.56. The molecule has 5 nitrogen and oxygen atoms in total. The number of ketones is 1. The standard InChI is InChI=1S/C30H34N2O3S/c31-28(22-12-5-2-6-13-22)30(34)32-17-9-15-25(32)27-18-23(20-36-27)29(33)24-14-7-8-16-26(24)35-19-21-10-3-1-4-11-21/h1,3-4,7-8,10-11,14,16,18,20,22,25,28H,2,5-6,9,12-13,15,17,19,31H2/t25-,28-/m0/s1. The van der Waals surface area contributed by atoms with E-state index in [0.29, 0.717) is 29.4 Å². The quantitative estimate of drug-likeness (QED) is 0.376. The zero-order chi connectivity index (χ0) is 24.9. The number of para-hydroxylation sites is 1. The molecule has 0 unspecified atom stereocenters. The molecule has 0 radical (unpaired) electrons. The number of rotatable bonds is 8. The van der Waals surface area contributed by atoms with Crippen molar-refractivity contribution in [2.24, 2.45) is 11.7 Å². The summed E-state index contributed by atoms with van der Waals surface area (Å²) in [7, 11) is 0. The third kappa shape index (κ3) is 5.40. The SMILES string of the molecule is N[C@H](C(=O)N1CCC[C@H]1c1cc(C(=O)c2ccccc2OCc2ccccc2)cs1)C1CCCCC1. The zero-order valence-corrected chi connectivity index (χ0v) is 21.4. The number of likely N-dealkylation sites (tertiary alicyclic amines) is 1. The van der Waals surface area contributed by atoms with Gasteiger partial charge in [-0.1, -0.05) is 61.7 Å². The summed E-state index contributed by atoms with van der Waals surface area (Å²) in [4.78, 5) is 29.8. The summed E-state index contributed by atoms with van der Waals surface area (Å²) in [5, 5.41) is 1.91. The molecule has 6 heteroatoms. The molecule has 2 aliphatic rings. The van der Waals surface area contributed by atoms with Crippen molar-refractivity contribution in [3.05, 3.63) is 87.6 Å². The highest BCUT2D eigenvalue weighted by Crippen LogP contribution is 2.38. The van der Waals surface area contributed by atoms with E-state index in [1.807, 2.05) is 70.9 Å². The number of nitrogens with two attached hydrogens (primary N) is 1. The molecule has 1 aliphatic heterocycles. The van der Waals surface area contributed by atoms with Crippen LogP contribution in [0.5, 0.6) is 5.75 Å². The van der Waals surface area contributed by atoms with Crippen molar-refractivity contribution in [3.8, 4) is 5.75 Å². The van der Waals surface area contributed by atoms with E-state index >= 15 is 0 Å². The minimum atomic E-state index is -0.416. The van der Waals surface area contributed by atoms with E-state index in [0.717, 1.165) is 42.7 Å². The summed E-state index contributed by atoms with van der Waals surface area (Å²) < 4.78 is 6.02. The lowest BCUT2D eigenvalue weighted by Gasteiger charge is -2.32. The largest absolute Gasteiger partial charge is 0.488 e. The van der Waals surface area contributed by atoms with E-state index in [9.17, 15) is 9.59 Å². The molecular formula is C30H34N2O3S. The second-order valence-corrected chi connectivity index (χ2v) is 10.9. The van der Waals surface area contributed by atoms with Crippen LogP contribution >= 0.6 is 11.3 Å². The van der Waals surface area contributed by atoms with Crippen molar-refractivity contribution in [2.75, 3.05) is 6.54 Å². The molecule has 1 aliphatic carbocycles. The van der Waals surface area contributed by atoms with E-state index in [4.69, 9.17) is 10.5 Å². The Kier molecular flexibility index (Phi) is 7.83. The Morgan fingerprint density at radius 2 is 1.72 bits per heavy atom. The van der Waals surface area contributed by atoms with Gasteiger partial charge < -0.3 is 15.4 Å². The van der Waals surface area contributed by atoms with Crippen molar-refractivity contribution in [1.82, 2.24) is 4.90 Å². The highest BCUT2D eigenvalue weighted by molar-refractivity contribution is 7.10. The molecular weight excluding hydrogens is 468 g/mol. The molecule has 0 spiro atoms. The Bertz CT molecular complexity index is 1190. The highest BCUT2D eigenvalue weighted by Gasteiger charge is 2.36. The number of carbonyl (C=O) groups is 2. The Morgan fingerprint density at radius 1 is 0.972 bits per heavy atom. The van der Waals surface area contributed by atoms with Gasteiger partial charge >= 0.3 is 0 Å². The normalized spacial score (nSPS) is 19.2. The molecule has 1 saturated carbocycles. The van der Waals surface area contributed by atoms with Crippen LogP contribution in [0.4, 0.5) is 0 Å². The zero-order valence-electron chi connectivity index (χ0n) is 20.6. The fourth-order valence-electron chi connectivity index (χ4n) is 5.53. The van der Waals surface area contributed by atoms with Gasteiger partial charge in [0, 0.05) is 22.4 Å². The number of benzene rings is 2. The minimum Gasteiger partial charge on any atom is -0.488 e. The summed E-state index contributed by atoms with van der Waals surface area (Å²) in [5.74, 6) is 0.886. The van der Waals surface area contributed by atoms with Crippen LogP contribution in [0.25, 0.3) is 0 Å². The van der Waals surface area contributed by atoms with Gasteiger partial charge in [-0.3, -0.25) is 9.59 Å². The van der Waals surface area contributed by atoms with Gasteiger partial charge in [-0.15, -0.1) is 11.3 Å². The average molecular weight is 503 g/mol. The molecule has 1 amide bonds. The van der Waals surface area contributed by atoms with Crippen LogP contribution in [-0.4, -0.2) is 29.2 Å². The van der Waals surface area contributed by atoms with Crippen molar-refractivity contribution >= 4 is 23.0 Å². The van der Waals surface area contributed by atoms with Crippen molar-refractivity contribution in [1.29, 1.82) is 0 Å². The van der Waals surface area contributed by atoms with Crippen molar-refractivity contribution < 1.29 is 14.3 Å². The highest BCUT2D eigenvalue weighted by atomic mass is 32.1. The summed E-state index contributed by atoms with van der Waals surface area (Å²) in [6, 6.07) is 18.9. The fourth-order valence-corrected chi connectivity index (χ4v) is 6.57. The third-order valence-corrected chi connectivity index (χ3v) is 8.59. The van der Waals surface area contributed by atoms with Gasteiger partial charge in [0.25, 0.3) is 0 Å².